The van der Waals surface area contributed by atoms with Crippen molar-refractivity contribution in [2.75, 3.05) is 37.7 Å². The number of carbonyl (C=O) groups excluding carboxylic acids is 6. The summed E-state index contributed by atoms with van der Waals surface area (Å²) in [6, 6.07) is 4.53. The van der Waals surface area contributed by atoms with Crippen LogP contribution in [0.1, 0.15) is 142 Å². The monoisotopic (exact) mass is 1170 g/mol. The van der Waals surface area contributed by atoms with Gasteiger partial charge in [0.15, 0.2) is 5.71 Å². The first-order valence-corrected chi connectivity index (χ1v) is 29.5. The number of rotatable bonds is 19. The van der Waals surface area contributed by atoms with Crippen LogP contribution in [0.3, 0.4) is 0 Å². The molecule has 28 heteroatoms. The van der Waals surface area contributed by atoms with Gasteiger partial charge in [-0.3, -0.25) is 34.0 Å². The van der Waals surface area contributed by atoms with Crippen LogP contribution >= 0.6 is 12.0 Å². The van der Waals surface area contributed by atoms with E-state index in [0.29, 0.717) is 104 Å². The van der Waals surface area contributed by atoms with Crippen molar-refractivity contribution in [3.05, 3.63) is 59.8 Å². The van der Waals surface area contributed by atoms with Crippen LogP contribution in [0.2, 0.25) is 0 Å². The Kier molecular flexibility index (Phi) is 29.1. The van der Waals surface area contributed by atoms with Gasteiger partial charge in [0.2, 0.25) is 23.4 Å². The van der Waals surface area contributed by atoms with E-state index < -0.39 is 72.3 Å². The number of hydrogen-bond acceptors (Lipinski definition) is 19. The van der Waals surface area contributed by atoms with Crippen molar-refractivity contribution in [2.24, 2.45) is 10.5 Å². The summed E-state index contributed by atoms with van der Waals surface area (Å²) in [7, 11) is -9.04. The van der Waals surface area contributed by atoms with Gasteiger partial charge in [-0.2, -0.15) is 14.0 Å². The molecular formula is C50H69N7Na2O16S3. The molecule has 0 spiro atoms. The smallest absolute Gasteiger partial charge is 0.748 e. The van der Waals surface area contributed by atoms with Crippen LogP contribution in [-0.4, -0.2) is 131 Å². The summed E-state index contributed by atoms with van der Waals surface area (Å²) in [5.41, 5.74) is 2.06. The minimum Gasteiger partial charge on any atom is -0.748 e. The molecule has 4 heterocycles. The standard InChI is InChI=1S/C50H71N7O16S3.2Na/c1-36-49(2)28-26-43(58)51-29-13-11-17-39(48(63)52-30-12-5-10-21-47(62)71-57-45(60)24-25-46(57)61)53-44(59)20-9-6-14-31-55-40-23-22-37(74-73-72-64)35-38(40)50(3,27-15-33-75(65,66)67)41(55)18-7-4-8-19-42(49)56(54-36)32-16-34-76(68,69)70;;/h4,7-8,18-19,22-23,35,39H,5-6,9-17,20-21,24-34H2,1-3H3,(H5-,51,52,53,58,59,63,64,65,66,67,68,69,70);;/q;2*+1/p-2. The number of hydrazone groups is 1. The molecule has 1 saturated heterocycles. The fourth-order valence-corrected chi connectivity index (χ4v) is 11.1. The Morgan fingerprint density at radius 1 is 0.872 bits per heavy atom. The first kappa shape index (κ1) is 68.9. The topological polar surface area (TPSA) is 326 Å². The molecule has 3 N–H and O–H groups in total. The minimum absolute atomic E-state index is 0. The van der Waals surface area contributed by atoms with Crippen LogP contribution < -0.4 is 80.3 Å². The average Bonchev–Trinajstić information content (AvgIpc) is 4.01. The van der Waals surface area contributed by atoms with Crippen molar-refractivity contribution < 1.29 is 138 Å². The second-order valence-corrected chi connectivity index (χ2v) is 23.4. The molecule has 0 bridgehead atoms. The van der Waals surface area contributed by atoms with Gasteiger partial charge < -0.3 is 35.2 Å². The molecule has 3 unspecified atom stereocenters. The quantitative estimate of drug-likeness (QED) is 0.0191. The molecule has 420 valence electrons. The number of carbonyl (C=O) groups is 6. The molecule has 4 aliphatic heterocycles. The molecule has 0 aromatic heterocycles. The van der Waals surface area contributed by atoms with Gasteiger partial charge in [-0.05, 0) is 110 Å². The van der Waals surface area contributed by atoms with Crippen molar-refractivity contribution >= 4 is 84.9 Å². The van der Waals surface area contributed by atoms with Gasteiger partial charge >= 0.3 is 65.1 Å². The van der Waals surface area contributed by atoms with E-state index in [1.807, 2.05) is 51.1 Å². The Hall–Kier alpha value is -3.35. The van der Waals surface area contributed by atoms with Crippen LogP contribution in [0.4, 0.5) is 5.69 Å². The van der Waals surface area contributed by atoms with E-state index in [0.717, 1.165) is 17.0 Å². The summed E-state index contributed by atoms with van der Waals surface area (Å²) in [4.78, 5) is 81.5. The van der Waals surface area contributed by atoms with Gasteiger partial charge in [-0.1, -0.05) is 24.6 Å². The Labute approximate surface area is 505 Å². The molecule has 0 saturated carbocycles. The maximum atomic E-state index is 13.6. The first-order chi connectivity index (χ1) is 36.0. The molecule has 4 aliphatic rings. The number of allylic oxidation sites excluding steroid dienone is 6. The second kappa shape index (κ2) is 32.9. The van der Waals surface area contributed by atoms with Gasteiger partial charge in [0.1, 0.15) is 12.6 Å². The molecule has 0 aliphatic carbocycles. The molecule has 3 atom stereocenters. The molecule has 78 heavy (non-hydrogen) atoms. The third-order valence-corrected chi connectivity index (χ3v) is 16.1. The Morgan fingerprint density at radius 3 is 2.29 bits per heavy atom. The summed E-state index contributed by atoms with van der Waals surface area (Å²) in [6.45, 7) is 6.83. The SMILES string of the molecule is CC1=NN(CCCS(=O)(=O)[O-])/C2=C/C=C/C=C/C3=[N+](CCCCCC(=O)NC(C(=O)NCCCCCC(=O)ON4C(=O)CCC4=O)CCCCNC(=O)CCC12C)c1ccc(SOO[O-])cc1C3(C)CCCS(=O)(=O)[O-].[Na+].[Na+]. The third-order valence-electron chi connectivity index (χ3n) is 13.9. The zero-order chi connectivity index (χ0) is 55.5. The first-order valence-electron chi connectivity index (χ1n) is 25.6. The van der Waals surface area contributed by atoms with E-state index in [2.05, 4.69) is 29.9 Å². The Bertz CT molecular complexity index is 2670. The number of fused-ring (bicyclic) bond motifs is 3. The molecule has 1 fully saturated rings. The molecule has 1 aromatic carbocycles. The molecule has 1 aromatic rings. The van der Waals surface area contributed by atoms with Gasteiger partial charge in [-0.25, -0.2) is 21.6 Å². The van der Waals surface area contributed by atoms with Gasteiger partial charge in [0.05, 0.1) is 37.7 Å². The number of hydroxylamine groups is 2. The van der Waals surface area contributed by atoms with Gasteiger partial charge in [0.25, 0.3) is 11.8 Å². The number of hydrogen-bond donors (Lipinski definition) is 3. The fraction of sp³-hybridized carbons (Fsp3) is 0.600. The summed E-state index contributed by atoms with van der Waals surface area (Å²) in [5, 5.41) is 29.9. The van der Waals surface area contributed by atoms with Crippen molar-refractivity contribution in [1.29, 1.82) is 0 Å². The Balaban J connectivity index is 0.00000800. The predicted octanol–water partition coefficient (Wildman–Crippen LogP) is -2.35. The number of nitrogens with one attached hydrogen (secondary N) is 3. The number of amides is 5. The number of nitrogens with zero attached hydrogens (tertiary/aromatic N) is 4. The van der Waals surface area contributed by atoms with E-state index in [1.165, 1.54) is 0 Å². The van der Waals surface area contributed by atoms with Crippen LogP contribution in [-0.2, 0) is 68.6 Å². The van der Waals surface area contributed by atoms with Crippen molar-refractivity contribution in [3.63, 3.8) is 0 Å². The van der Waals surface area contributed by atoms with E-state index in [-0.39, 0.29) is 142 Å². The van der Waals surface area contributed by atoms with Crippen molar-refractivity contribution in [1.82, 2.24) is 26.0 Å². The van der Waals surface area contributed by atoms with E-state index >= 15 is 0 Å². The van der Waals surface area contributed by atoms with E-state index in [4.69, 9.17) is 9.94 Å². The van der Waals surface area contributed by atoms with E-state index in [9.17, 15) is 60.0 Å². The Morgan fingerprint density at radius 2 is 1.59 bits per heavy atom. The van der Waals surface area contributed by atoms with Crippen LogP contribution in [0.25, 0.3) is 0 Å². The van der Waals surface area contributed by atoms with Crippen LogP contribution in [0.5, 0.6) is 0 Å². The largest absolute Gasteiger partial charge is 1.00 e. The molecule has 0 radical (unpaired) electrons. The predicted molar refractivity (Wildman–Crippen MR) is 274 cm³/mol. The maximum Gasteiger partial charge on any atom is 1.00 e. The average molecular weight is 1170 g/mol. The minimum atomic E-state index is -4.55. The summed E-state index contributed by atoms with van der Waals surface area (Å²) in [5.74, 6) is -3.96. The molecule has 5 rings (SSSR count). The summed E-state index contributed by atoms with van der Waals surface area (Å²) >= 11 is 0.698. The zero-order valence-electron chi connectivity index (χ0n) is 45.2. The van der Waals surface area contributed by atoms with Crippen LogP contribution in [0.15, 0.2) is 64.3 Å². The zero-order valence-corrected chi connectivity index (χ0v) is 51.7. The van der Waals surface area contributed by atoms with Crippen molar-refractivity contribution in [3.8, 4) is 0 Å². The maximum absolute atomic E-state index is 13.6. The van der Waals surface area contributed by atoms with Crippen molar-refractivity contribution in [2.45, 2.75) is 153 Å². The molecule has 5 amide bonds. The second-order valence-electron chi connectivity index (χ2n) is 19.6. The van der Waals surface area contributed by atoms with Gasteiger partial charge in [-0.15, -0.1) is 5.06 Å². The molecule has 23 nitrogen and oxygen atoms in total. The van der Waals surface area contributed by atoms with E-state index in [1.54, 1.807) is 23.2 Å². The van der Waals surface area contributed by atoms with Gasteiger partial charge in [0, 0.05) is 109 Å². The number of imide groups is 1. The molecular weight excluding hydrogens is 1100 g/mol. The summed E-state index contributed by atoms with van der Waals surface area (Å²) in [6.07, 6.45) is 14.3. The number of unbranched alkanes of at least 4 members (excludes halogenated alkanes) is 2. The number of benzene rings is 1. The normalized spacial score (nSPS) is 23.6. The summed E-state index contributed by atoms with van der Waals surface area (Å²) < 4.78 is 76.7. The van der Waals surface area contributed by atoms with Crippen LogP contribution in [0, 0.1) is 5.41 Å². The fourth-order valence-electron chi connectivity index (χ4n) is 9.69. The third kappa shape index (κ3) is 21.2.